The van der Waals surface area contributed by atoms with Gasteiger partial charge in [-0.1, -0.05) is 10.3 Å². The van der Waals surface area contributed by atoms with Crippen LogP contribution in [0, 0.1) is 15.3 Å². The van der Waals surface area contributed by atoms with E-state index in [2.05, 4.69) is 30.2 Å². The molecule has 17 heavy (non-hydrogen) atoms. The van der Waals surface area contributed by atoms with Gasteiger partial charge in [0.2, 0.25) is 0 Å². The van der Waals surface area contributed by atoms with Crippen LogP contribution in [0.1, 0.15) is 0 Å². The summed E-state index contributed by atoms with van der Waals surface area (Å²) in [7, 11) is 0. The molecule has 0 bridgehead atoms. The van der Waals surface area contributed by atoms with E-state index >= 15 is 0 Å². The van der Waals surface area contributed by atoms with Crippen molar-refractivity contribution in [2.75, 3.05) is 0 Å². The van der Waals surface area contributed by atoms with E-state index < -0.39 is 16.5 Å². The maximum absolute atomic E-state index is 11.4. The lowest BCUT2D eigenvalue weighted by Crippen LogP contribution is -2.63. The normalized spacial score (nSPS) is 24.3. The molecule has 90 valence electrons. The van der Waals surface area contributed by atoms with Crippen molar-refractivity contribution in [3.05, 3.63) is 21.5 Å². The Morgan fingerprint density at radius 2 is 2.35 bits per heavy atom. The van der Waals surface area contributed by atoms with E-state index in [1.807, 2.05) is 0 Å². The second-order valence-corrected chi connectivity index (χ2v) is 2.77. The molecule has 1 atom stereocenters. The van der Waals surface area contributed by atoms with Gasteiger partial charge in [-0.2, -0.15) is 4.94 Å². The summed E-state index contributed by atoms with van der Waals surface area (Å²) < 4.78 is 4.17. The summed E-state index contributed by atoms with van der Waals surface area (Å²) >= 11 is 0. The van der Waals surface area contributed by atoms with Gasteiger partial charge >= 0.3 is 11.6 Å². The number of nitrogens with zero attached hydrogens (tertiary/aromatic N) is 6. The molecule has 1 aromatic heterocycles. The van der Waals surface area contributed by atoms with Gasteiger partial charge < -0.3 is 5.21 Å². The Labute approximate surface area is 91.2 Å². The molecule has 0 radical (unpaired) electrons. The van der Waals surface area contributed by atoms with Crippen LogP contribution in [0.5, 0.6) is 0 Å². The summed E-state index contributed by atoms with van der Waals surface area (Å²) in [6, 6.07) is 0. The van der Waals surface area contributed by atoms with E-state index in [1.54, 1.807) is 5.48 Å². The first-order valence-corrected chi connectivity index (χ1v) is 3.95. The fourth-order valence-electron chi connectivity index (χ4n) is 0.895. The summed E-state index contributed by atoms with van der Waals surface area (Å²) in [5.41, 5.74) is 7.01. The summed E-state index contributed by atoms with van der Waals surface area (Å²) in [5.74, 6) is -3.49. The molecule has 0 aliphatic carbocycles. The molecular formula is C4H4N8O5. The number of nitrogens with one attached hydrogen (secondary N) is 1. The van der Waals surface area contributed by atoms with Crippen molar-refractivity contribution in [2.24, 2.45) is 16.0 Å². The number of oxime groups is 1. The maximum Gasteiger partial charge on any atom is 0.485 e. The topological polar surface area (TPSA) is 180 Å². The molecule has 0 amide bonds. The van der Waals surface area contributed by atoms with E-state index in [4.69, 9.17) is 5.73 Å². The van der Waals surface area contributed by atoms with Crippen LogP contribution in [0.15, 0.2) is 21.1 Å². The first kappa shape index (κ1) is 10.8. The molecule has 0 saturated heterocycles. The monoisotopic (exact) mass is 244 g/mol. The Bertz CT molecular complexity index is 494. The highest BCUT2D eigenvalue weighted by Crippen LogP contribution is 2.12. The van der Waals surface area contributed by atoms with Gasteiger partial charge in [0.25, 0.3) is 5.82 Å². The molecule has 13 heteroatoms. The summed E-state index contributed by atoms with van der Waals surface area (Å²) in [5, 5.41) is 34.8. The number of azo groups is 1. The Morgan fingerprint density at radius 1 is 1.59 bits per heavy atom. The largest absolute Gasteiger partial charge is 0.690 e. The van der Waals surface area contributed by atoms with E-state index in [0.29, 0.717) is 0 Å². The van der Waals surface area contributed by atoms with Crippen molar-refractivity contribution in [3.63, 3.8) is 0 Å². The number of hydrogen-bond acceptors (Lipinski definition) is 11. The van der Waals surface area contributed by atoms with Gasteiger partial charge in [-0.05, 0) is 10.6 Å². The van der Waals surface area contributed by atoms with E-state index in [9.17, 15) is 15.3 Å². The van der Waals surface area contributed by atoms with Crippen molar-refractivity contribution in [1.82, 2.24) is 15.8 Å². The van der Waals surface area contributed by atoms with Crippen LogP contribution in [0.3, 0.4) is 0 Å². The number of amidine groups is 1. The number of nitro groups is 1. The highest BCUT2D eigenvalue weighted by Gasteiger charge is 2.60. The molecule has 1 aliphatic rings. The van der Waals surface area contributed by atoms with E-state index in [1.165, 1.54) is 0 Å². The molecule has 13 nitrogen and oxygen atoms in total. The first-order valence-electron chi connectivity index (χ1n) is 3.95. The van der Waals surface area contributed by atoms with Gasteiger partial charge in [0, 0.05) is 0 Å². The second-order valence-electron chi connectivity index (χ2n) is 2.77. The lowest BCUT2D eigenvalue weighted by molar-refractivity contribution is -0.579. The third-order valence-corrected chi connectivity index (χ3v) is 1.69. The number of hydrogen-bond donors (Lipinski definition) is 2. The third kappa shape index (κ3) is 1.74. The Hall–Kier alpha value is -2.67. The average molecular weight is 244 g/mol. The highest BCUT2D eigenvalue weighted by molar-refractivity contribution is 5.82. The molecule has 2 rings (SSSR count). The lowest BCUT2D eigenvalue weighted by atomic mass is 10.3. The third-order valence-electron chi connectivity index (χ3n) is 1.69. The minimum atomic E-state index is -2.48. The standard InChI is InChI=1S/C4H4N8O5/c5-4(12(14)15)3(9-17-10-4)11(13)7-2-1-6-16-8-2/h1,10H,5H2. The van der Waals surface area contributed by atoms with Crippen molar-refractivity contribution in [2.45, 2.75) is 5.79 Å². The molecule has 1 aliphatic heterocycles. The van der Waals surface area contributed by atoms with Gasteiger partial charge in [0.1, 0.15) is 6.20 Å². The molecule has 0 aromatic carbocycles. The Kier molecular flexibility index (Phi) is 2.37. The van der Waals surface area contributed by atoms with Gasteiger partial charge in [-0.3, -0.25) is 10.1 Å². The molecule has 1 aromatic rings. The van der Waals surface area contributed by atoms with Crippen molar-refractivity contribution >= 4 is 11.7 Å². The second kappa shape index (κ2) is 3.72. The fourth-order valence-corrected chi connectivity index (χ4v) is 0.895. The quantitative estimate of drug-likeness (QED) is 0.203. The van der Waals surface area contributed by atoms with E-state index in [0.717, 1.165) is 6.20 Å². The van der Waals surface area contributed by atoms with Crippen LogP contribution >= 0.6 is 0 Å². The number of nitrogens with two attached hydrogens (primary N) is 1. The maximum atomic E-state index is 11.4. The van der Waals surface area contributed by atoms with Crippen molar-refractivity contribution in [3.8, 4) is 0 Å². The zero-order valence-electron chi connectivity index (χ0n) is 7.88. The predicted octanol–water partition coefficient (Wildman–Crippen LogP) is -1.60. The number of aromatic nitrogens is 2. The summed E-state index contributed by atoms with van der Waals surface area (Å²) in [6.45, 7) is 0. The van der Waals surface area contributed by atoms with E-state index in [-0.39, 0.29) is 10.7 Å². The molecule has 0 spiro atoms. The zero-order valence-corrected chi connectivity index (χ0v) is 7.88. The van der Waals surface area contributed by atoms with Crippen LogP contribution in [0.4, 0.5) is 5.82 Å². The molecule has 1 unspecified atom stereocenters. The molecule has 0 fully saturated rings. The Balaban J connectivity index is 2.32. The fraction of sp³-hybridized carbons (Fsp3) is 0.250. The highest BCUT2D eigenvalue weighted by atomic mass is 16.8. The summed E-state index contributed by atoms with van der Waals surface area (Å²) in [4.78, 5) is 13.6. The number of hydroxylamine groups is 2. The van der Waals surface area contributed by atoms with Gasteiger partial charge in [-0.15, -0.1) is 4.86 Å². The Morgan fingerprint density at radius 3 is 2.94 bits per heavy atom. The van der Waals surface area contributed by atoms with Crippen LogP contribution in [-0.4, -0.2) is 31.7 Å². The molecule has 0 saturated carbocycles. The minimum absolute atomic E-state index is 0.208. The van der Waals surface area contributed by atoms with Crippen LogP contribution in [0.25, 0.3) is 0 Å². The predicted molar refractivity (Wildman–Crippen MR) is 45.6 cm³/mol. The van der Waals surface area contributed by atoms with Crippen LogP contribution in [0.2, 0.25) is 0 Å². The molecular weight excluding hydrogens is 240 g/mol. The van der Waals surface area contributed by atoms with Crippen LogP contribution in [-0.2, 0) is 4.94 Å². The van der Waals surface area contributed by atoms with Crippen molar-refractivity contribution < 1.29 is 19.4 Å². The lowest BCUT2D eigenvalue weighted by Gasteiger charge is -2.10. The average Bonchev–Trinajstić information content (AvgIpc) is 2.87. The smallest absolute Gasteiger partial charge is 0.485 e. The van der Waals surface area contributed by atoms with Gasteiger partial charge in [-0.25, -0.2) is 10.4 Å². The zero-order chi connectivity index (χ0) is 12.5. The summed E-state index contributed by atoms with van der Waals surface area (Å²) in [6.07, 6.45) is 1.01. The minimum Gasteiger partial charge on any atom is -0.690 e. The first-order chi connectivity index (χ1) is 8.04. The molecule has 3 N–H and O–H groups in total. The van der Waals surface area contributed by atoms with Gasteiger partial charge in [0.15, 0.2) is 5.16 Å². The van der Waals surface area contributed by atoms with Crippen LogP contribution < -0.4 is 11.2 Å². The number of rotatable bonds is 2. The van der Waals surface area contributed by atoms with Crippen molar-refractivity contribution in [1.29, 1.82) is 0 Å². The molecule has 2 heterocycles. The van der Waals surface area contributed by atoms with Gasteiger partial charge in [0.05, 0.1) is 4.92 Å². The SMILES string of the molecule is NC1([N+](=O)[O-])NON=C1[N+]([O-])=Nc1cnon1.